The van der Waals surface area contributed by atoms with E-state index in [1.807, 2.05) is 0 Å². The summed E-state index contributed by atoms with van der Waals surface area (Å²) < 4.78 is 4.81. The molecule has 60 valence electrons. The number of rotatable bonds is 1. The number of hydrogen-bond donors (Lipinski definition) is 3. The zero-order valence-electron chi connectivity index (χ0n) is 5.62. The van der Waals surface area contributed by atoms with Gasteiger partial charge in [0.15, 0.2) is 6.10 Å². The largest absolute Gasteiger partial charge is 0.479 e. The second-order valence-corrected chi connectivity index (χ2v) is 1.84. The summed E-state index contributed by atoms with van der Waals surface area (Å²) in [5, 5.41) is 8.29. The molecule has 1 rings (SSSR count). The van der Waals surface area contributed by atoms with Crippen LogP contribution in [0, 0.1) is 0 Å². The van der Waals surface area contributed by atoms with E-state index in [0.29, 0.717) is 13.0 Å². The molecule has 5 heteroatoms. The van der Waals surface area contributed by atoms with Crippen molar-refractivity contribution in [3.05, 3.63) is 0 Å². The Morgan fingerprint density at radius 1 is 1.60 bits per heavy atom. The van der Waals surface area contributed by atoms with E-state index in [4.69, 9.17) is 9.84 Å². The lowest BCUT2D eigenvalue weighted by Gasteiger charge is -1.98. The lowest BCUT2D eigenvalue weighted by molar-refractivity contribution is -0.147. The minimum absolute atomic E-state index is 0.519. The van der Waals surface area contributed by atoms with Gasteiger partial charge in [-0.25, -0.2) is 4.79 Å². The zero-order chi connectivity index (χ0) is 7.98. The molecule has 1 atom stereocenters. The molecule has 0 aliphatic carbocycles. The van der Waals surface area contributed by atoms with Crippen LogP contribution in [-0.2, 0) is 9.53 Å². The van der Waals surface area contributed by atoms with Gasteiger partial charge in [0, 0.05) is 6.61 Å². The smallest absolute Gasteiger partial charge is 0.332 e. The topological polar surface area (TPSA) is 98.6 Å². The highest BCUT2D eigenvalue weighted by atomic mass is 16.5. The predicted octanol–water partition coefficient (Wildman–Crippen LogP) is -0.931. The van der Waals surface area contributed by atoms with Gasteiger partial charge in [-0.1, -0.05) is 0 Å². The highest BCUT2D eigenvalue weighted by Gasteiger charge is 2.21. The van der Waals surface area contributed by atoms with Crippen molar-refractivity contribution in [2.24, 2.45) is 11.7 Å². The fraction of sp³-hybridized carbons (Fsp3) is 0.800. The van der Waals surface area contributed by atoms with Gasteiger partial charge in [-0.15, -0.1) is 0 Å². The van der Waals surface area contributed by atoms with Crippen LogP contribution in [0.2, 0.25) is 0 Å². The molecule has 10 heavy (non-hydrogen) atoms. The number of aliphatic carboxylic acids is 1. The fourth-order valence-electron chi connectivity index (χ4n) is 0.772. The van der Waals surface area contributed by atoms with E-state index in [9.17, 15) is 4.79 Å². The Bertz CT molecular complexity index is 101. The lowest BCUT2D eigenvalue weighted by Crippen LogP contribution is -2.17. The summed E-state index contributed by atoms with van der Waals surface area (Å²) in [4.78, 5) is 10.1. The lowest BCUT2D eigenvalue weighted by atomic mass is 10.2. The van der Waals surface area contributed by atoms with Crippen molar-refractivity contribution in [1.82, 2.24) is 0 Å². The summed E-state index contributed by atoms with van der Waals surface area (Å²) in [6.45, 7) is 0.608. The number of nitrogens with two attached hydrogens (primary N) is 2. The van der Waals surface area contributed by atoms with Crippen LogP contribution >= 0.6 is 0 Å². The van der Waals surface area contributed by atoms with Crippen molar-refractivity contribution in [1.29, 1.82) is 0 Å². The molecule has 1 fully saturated rings. The summed E-state index contributed by atoms with van der Waals surface area (Å²) in [5.41, 5.74) is 0. The third-order valence-electron chi connectivity index (χ3n) is 1.21. The van der Waals surface area contributed by atoms with Gasteiger partial charge in [-0.05, 0) is 12.8 Å². The fourth-order valence-corrected chi connectivity index (χ4v) is 0.772. The first-order chi connectivity index (χ1) is 4.80. The molecule has 5 N–H and O–H groups in total. The number of carbonyl (C=O) groups is 1. The van der Waals surface area contributed by atoms with Gasteiger partial charge >= 0.3 is 5.97 Å². The van der Waals surface area contributed by atoms with Crippen LogP contribution in [0.1, 0.15) is 12.8 Å². The van der Waals surface area contributed by atoms with Crippen LogP contribution < -0.4 is 11.7 Å². The predicted molar refractivity (Wildman–Crippen MR) is 35.0 cm³/mol. The number of carboxylic acid groups (broad SMARTS) is 1. The summed E-state index contributed by atoms with van der Waals surface area (Å²) >= 11 is 0. The van der Waals surface area contributed by atoms with Crippen molar-refractivity contribution >= 4 is 5.97 Å². The van der Waals surface area contributed by atoms with E-state index in [1.165, 1.54) is 0 Å². The average Bonchev–Trinajstić information content (AvgIpc) is 2.42. The number of hydrazine groups is 1. The second kappa shape index (κ2) is 5.16. The Morgan fingerprint density at radius 3 is 2.40 bits per heavy atom. The maximum atomic E-state index is 10.1. The Kier molecular flexibility index (Phi) is 4.82. The van der Waals surface area contributed by atoms with E-state index in [2.05, 4.69) is 11.7 Å². The van der Waals surface area contributed by atoms with Crippen LogP contribution in [0.5, 0.6) is 0 Å². The first-order valence-corrected chi connectivity index (χ1v) is 2.98. The van der Waals surface area contributed by atoms with E-state index >= 15 is 0 Å². The van der Waals surface area contributed by atoms with Crippen molar-refractivity contribution < 1.29 is 14.6 Å². The maximum Gasteiger partial charge on any atom is 0.332 e. The van der Waals surface area contributed by atoms with Gasteiger partial charge in [0.1, 0.15) is 0 Å². The SMILES string of the molecule is NN.O=C(O)[C@H]1CCCO1. The van der Waals surface area contributed by atoms with Crippen LogP contribution in [0.15, 0.2) is 0 Å². The molecular formula is C5H12N2O3. The molecule has 0 bridgehead atoms. The minimum Gasteiger partial charge on any atom is -0.479 e. The van der Waals surface area contributed by atoms with Gasteiger partial charge in [0.2, 0.25) is 0 Å². The van der Waals surface area contributed by atoms with Gasteiger partial charge in [-0.2, -0.15) is 0 Å². The first kappa shape index (κ1) is 9.35. The Balaban J connectivity index is 0.000000371. The van der Waals surface area contributed by atoms with Gasteiger partial charge < -0.3 is 9.84 Å². The van der Waals surface area contributed by atoms with Crippen molar-refractivity contribution in [3.8, 4) is 0 Å². The summed E-state index contributed by atoms with van der Waals surface area (Å²) in [7, 11) is 0. The maximum absolute atomic E-state index is 10.1. The minimum atomic E-state index is -0.831. The van der Waals surface area contributed by atoms with E-state index in [1.54, 1.807) is 0 Å². The molecule has 5 nitrogen and oxygen atoms in total. The Labute approximate surface area is 58.9 Å². The van der Waals surface area contributed by atoms with Crippen LogP contribution in [0.25, 0.3) is 0 Å². The molecular weight excluding hydrogens is 136 g/mol. The average molecular weight is 148 g/mol. The summed E-state index contributed by atoms with van der Waals surface area (Å²) in [5.74, 6) is 7.17. The van der Waals surface area contributed by atoms with Crippen molar-refractivity contribution in [2.75, 3.05) is 6.61 Å². The van der Waals surface area contributed by atoms with Crippen molar-refractivity contribution in [2.45, 2.75) is 18.9 Å². The normalized spacial score (nSPS) is 23.2. The molecule has 1 heterocycles. The molecule has 0 unspecified atom stereocenters. The third kappa shape index (κ3) is 2.77. The Hall–Kier alpha value is -0.650. The highest BCUT2D eigenvalue weighted by Crippen LogP contribution is 2.10. The molecule has 0 aromatic heterocycles. The van der Waals surface area contributed by atoms with Gasteiger partial charge in [0.05, 0.1) is 0 Å². The van der Waals surface area contributed by atoms with Gasteiger partial charge in [0.25, 0.3) is 0 Å². The Morgan fingerprint density at radius 2 is 2.20 bits per heavy atom. The molecule has 0 amide bonds. The van der Waals surface area contributed by atoms with Gasteiger partial charge in [-0.3, -0.25) is 11.7 Å². The monoisotopic (exact) mass is 148 g/mol. The molecule has 0 radical (unpaired) electrons. The third-order valence-corrected chi connectivity index (χ3v) is 1.21. The zero-order valence-corrected chi connectivity index (χ0v) is 5.62. The molecule has 1 saturated heterocycles. The van der Waals surface area contributed by atoms with E-state index in [0.717, 1.165) is 6.42 Å². The van der Waals surface area contributed by atoms with Crippen LogP contribution in [0.4, 0.5) is 0 Å². The molecule has 1 aliphatic heterocycles. The molecule has 0 spiro atoms. The van der Waals surface area contributed by atoms with E-state index in [-0.39, 0.29) is 0 Å². The standard InChI is InChI=1S/C5H8O3.H4N2/c6-5(7)4-2-1-3-8-4;1-2/h4H,1-3H2,(H,6,7);1-2H2/t4-;/m1./s1. The van der Waals surface area contributed by atoms with Crippen molar-refractivity contribution in [3.63, 3.8) is 0 Å². The molecule has 1 aliphatic rings. The first-order valence-electron chi connectivity index (χ1n) is 2.98. The van der Waals surface area contributed by atoms with Crippen LogP contribution in [0.3, 0.4) is 0 Å². The number of hydrogen-bond acceptors (Lipinski definition) is 4. The quantitative estimate of drug-likeness (QED) is 0.329. The van der Waals surface area contributed by atoms with E-state index < -0.39 is 12.1 Å². The number of carboxylic acids is 1. The summed E-state index contributed by atoms with van der Waals surface area (Å²) in [6, 6.07) is 0. The molecule has 0 saturated carbocycles. The highest BCUT2D eigenvalue weighted by molar-refractivity contribution is 5.72. The number of ether oxygens (including phenoxy) is 1. The summed E-state index contributed by atoms with van der Waals surface area (Å²) in [6.07, 6.45) is 1.04. The molecule has 0 aromatic carbocycles. The second-order valence-electron chi connectivity index (χ2n) is 1.84. The van der Waals surface area contributed by atoms with Crippen LogP contribution in [-0.4, -0.2) is 23.8 Å². The molecule has 0 aromatic rings.